The number of aromatic hydroxyl groups is 1. The van der Waals surface area contributed by atoms with E-state index in [1.807, 2.05) is 19.9 Å². The van der Waals surface area contributed by atoms with E-state index in [-0.39, 0.29) is 28.6 Å². The average molecular weight is 368 g/mol. The summed E-state index contributed by atoms with van der Waals surface area (Å²) in [4.78, 5) is 24.9. The van der Waals surface area contributed by atoms with E-state index in [0.29, 0.717) is 12.2 Å². The number of carbonyl (C=O) groups excluding carboxylic acids is 2. The van der Waals surface area contributed by atoms with Crippen molar-refractivity contribution in [3.8, 4) is 5.75 Å². The molecule has 2 rings (SSSR count). The molecule has 2 aromatic rings. The fraction of sp³-hybridized carbons (Fsp3) is 0.273. The van der Waals surface area contributed by atoms with Crippen LogP contribution < -0.4 is 0 Å². The molecule has 0 radical (unpaired) electrons. The Labute approximate surface area is 159 Å². The topological polar surface area (TPSA) is 72.8 Å². The van der Waals surface area contributed by atoms with Crippen molar-refractivity contribution in [1.29, 1.82) is 0 Å². The Balaban J connectivity index is 2.29. The molecule has 0 unspecified atom stereocenters. The minimum atomic E-state index is -0.622. The van der Waals surface area contributed by atoms with Gasteiger partial charge in [0, 0.05) is 5.56 Å². The summed E-state index contributed by atoms with van der Waals surface area (Å²) in [7, 11) is 0. The van der Waals surface area contributed by atoms with Crippen molar-refractivity contribution < 1.29 is 24.2 Å². The summed E-state index contributed by atoms with van der Waals surface area (Å²) in [5.41, 5.74) is 1.08. The van der Waals surface area contributed by atoms with E-state index in [9.17, 15) is 14.7 Å². The highest BCUT2D eigenvalue weighted by molar-refractivity contribution is 6.00. The molecule has 0 aliphatic heterocycles. The minimum Gasteiger partial charge on any atom is -0.508 e. The first kappa shape index (κ1) is 20.2. The van der Waals surface area contributed by atoms with Crippen LogP contribution in [0.5, 0.6) is 5.75 Å². The third kappa shape index (κ3) is 5.71. The third-order valence-corrected chi connectivity index (χ3v) is 4.18. The van der Waals surface area contributed by atoms with Crippen LogP contribution in [0.4, 0.5) is 0 Å². The predicted molar refractivity (Wildman–Crippen MR) is 103 cm³/mol. The number of carbonyl (C=O) groups is 2. The molecule has 0 amide bonds. The van der Waals surface area contributed by atoms with E-state index in [2.05, 4.69) is 0 Å². The lowest BCUT2D eigenvalue weighted by Crippen LogP contribution is -2.15. The molecule has 0 spiro atoms. The van der Waals surface area contributed by atoms with Gasteiger partial charge in [0.05, 0.1) is 17.7 Å². The van der Waals surface area contributed by atoms with Gasteiger partial charge in [0.2, 0.25) is 0 Å². The average Bonchev–Trinajstić information content (AvgIpc) is 2.70. The van der Waals surface area contributed by atoms with Crippen LogP contribution in [-0.2, 0) is 14.3 Å². The zero-order chi connectivity index (χ0) is 19.8. The lowest BCUT2D eigenvalue weighted by molar-refractivity contribution is -0.140. The van der Waals surface area contributed by atoms with Gasteiger partial charge in [-0.25, -0.2) is 9.59 Å². The Morgan fingerprint density at radius 2 is 1.63 bits per heavy atom. The van der Waals surface area contributed by atoms with Crippen LogP contribution >= 0.6 is 0 Å². The number of hydrogen-bond acceptors (Lipinski definition) is 5. The normalized spacial score (nSPS) is 12.7. The van der Waals surface area contributed by atoms with Gasteiger partial charge in [0.1, 0.15) is 11.5 Å². The first-order chi connectivity index (χ1) is 12.9. The molecule has 0 saturated heterocycles. The number of ether oxygens (including phenoxy) is 2. The molecule has 0 bridgehead atoms. The molecule has 0 heterocycles. The molecule has 0 aliphatic carbocycles. The quantitative estimate of drug-likeness (QED) is 0.440. The molecular formula is C22H24O5. The standard InChI is InChI=1S/C22H24O5/c1-4-15(2)14-26-21(24)16(3)20(17-8-6-5-7-9-17)27-22(25)18-10-12-19(23)13-11-18/h5-13,15,23H,4,14H2,1-3H3/t15-/m0/s1. The van der Waals surface area contributed by atoms with Gasteiger partial charge in [0.25, 0.3) is 0 Å². The zero-order valence-corrected chi connectivity index (χ0v) is 15.8. The Kier molecular flexibility index (Phi) is 7.17. The Hall–Kier alpha value is -3.08. The van der Waals surface area contributed by atoms with Gasteiger partial charge in [-0.3, -0.25) is 0 Å². The van der Waals surface area contributed by atoms with Crippen LogP contribution in [0.25, 0.3) is 5.76 Å². The molecule has 5 heteroatoms. The predicted octanol–water partition coefficient (Wildman–Crippen LogP) is 4.57. The molecule has 0 saturated carbocycles. The number of phenolic OH excluding ortho intramolecular Hbond substituents is 1. The summed E-state index contributed by atoms with van der Waals surface area (Å²) in [5, 5.41) is 9.36. The van der Waals surface area contributed by atoms with E-state index < -0.39 is 11.9 Å². The molecule has 0 fully saturated rings. The maximum atomic E-state index is 12.5. The lowest BCUT2D eigenvalue weighted by Gasteiger charge is -2.14. The minimum absolute atomic E-state index is 0.0511. The van der Waals surface area contributed by atoms with Gasteiger partial charge in [-0.05, 0) is 37.1 Å². The summed E-state index contributed by atoms with van der Waals surface area (Å²) in [6.45, 7) is 5.90. The monoisotopic (exact) mass is 368 g/mol. The van der Waals surface area contributed by atoms with Crippen LogP contribution in [0, 0.1) is 5.92 Å². The van der Waals surface area contributed by atoms with Crippen molar-refractivity contribution in [3.63, 3.8) is 0 Å². The molecule has 2 aromatic carbocycles. The van der Waals surface area contributed by atoms with Crippen molar-refractivity contribution in [3.05, 3.63) is 71.3 Å². The number of benzene rings is 2. The van der Waals surface area contributed by atoms with E-state index in [1.165, 1.54) is 24.3 Å². The second kappa shape index (κ2) is 9.57. The Morgan fingerprint density at radius 3 is 2.22 bits per heavy atom. The van der Waals surface area contributed by atoms with Crippen LogP contribution in [-0.4, -0.2) is 23.7 Å². The van der Waals surface area contributed by atoms with Crippen molar-refractivity contribution in [2.24, 2.45) is 5.92 Å². The van der Waals surface area contributed by atoms with Crippen LogP contribution in [0.2, 0.25) is 0 Å². The van der Waals surface area contributed by atoms with Crippen molar-refractivity contribution in [1.82, 2.24) is 0 Å². The molecule has 5 nitrogen and oxygen atoms in total. The number of esters is 2. The van der Waals surface area contributed by atoms with Gasteiger partial charge in [-0.2, -0.15) is 0 Å². The maximum Gasteiger partial charge on any atom is 0.343 e. The smallest absolute Gasteiger partial charge is 0.343 e. The van der Waals surface area contributed by atoms with Gasteiger partial charge in [-0.1, -0.05) is 50.6 Å². The van der Waals surface area contributed by atoms with Crippen LogP contribution in [0.3, 0.4) is 0 Å². The molecule has 0 aromatic heterocycles. The number of phenols is 1. The molecule has 27 heavy (non-hydrogen) atoms. The van der Waals surface area contributed by atoms with Gasteiger partial charge in [-0.15, -0.1) is 0 Å². The third-order valence-electron chi connectivity index (χ3n) is 4.18. The van der Waals surface area contributed by atoms with Gasteiger partial charge in [0.15, 0.2) is 0 Å². The summed E-state index contributed by atoms with van der Waals surface area (Å²) in [5.74, 6) is -0.685. The molecule has 142 valence electrons. The summed E-state index contributed by atoms with van der Waals surface area (Å²) >= 11 is 0. The molecule has 1 atom stereocenters. The second-order valence-electron chi connectivity index (χ2n) is 6.37. The Morgan fingerprint density at radius 1 is 1.00 bits per heavy atom. The lowest BCUT2D eigenvalue weighted by atomic mass is 10.1. The first-order valence-electron chi connectivity index (χ1n) is 8.87. The van der Waals surface area contributed by atoms with Crippen LogP contribution in [0.15, 0.2) is 60.2 Å². The highest BCUT2D eigenvalue weighted by atomic mass is 16.5. The van der Waals surface area contributed by atoms with E-state index in [0.717, 1.165) is 6.42 Å². The molecular weight excluding hydrogens is 344 g/mol. The van der Waals surface area contributed by atoms with Gasteiger partial charge < -0.3 is 14.6 Å². The van der Waals surface area contributed by atoms with Crippen molar-refractivity contribution in [2.75, 3.05) is 6.61 Å². The fourth-order valence-corrected chi connectivity index (χ4v) is 2.23. The largest absolute Gasteiger partial charge is 0.508 e. The van der Waals surface area contributed by atoms with Crippen molar-refractivity contribution in [2.45, 2.75) is 27.2 Å². The summed E-state index contributed by atoms with van der Waals surface area (Å²) < 4.78 is 10.9. The highest BCUT2D eigenvalue weighted by Gasteiger charge is 2.20. The number of rotatable bonds is 7. The Bertz CT molecular complexity index is 806. The van der Waals surface area contributed by atoms with Crippen LogP contribution in [0.1, 0.15) is 43.1 Å². The summed E-state index contributed by atoms with van der Waals surface area (Å²) in [6, 6.07) is 14.6. The summed E-state index contributed by atoms with van der Waals surface area (Å²) in [6.07, 6.45) is 0.900. The molecule has 1 N–H and O–H groups in total. The second-order valence-corrected chi connectivity index (χ2v) is 6.37. The molecule has 0 aliphatic rings. The zero-order valence-electron chi connectivity index (χ0n) is 15.8. The maximum absolute atomic E-state index is 12.5. The van der Waals surface area contributed by atoms with Crippen molar-refractivity contribution >= 4 is 17.7 Å². The first-order valence-corrected chi connectivity index (χ1v) is 8.87. The van der Waals surface area contributed by atoms with E-state index in [4.69, 9.17) is 9.47 Å². The number of hydrogen-bond donors (Lipinski definition) is 1. The fourth-order valence-electron chi connectivity index (χ4n) is 2.23. The highest BCUT2D eigenvalue weighted by Crippen LogP contribution is 2.23. The SMILES string of the molecule is CC[C@H](C)COC(=O)C(C)=C(OC(=O)c1ccc(O)cc1)c1ccccc1. The van der Waals surface area contributed by atoms with Gasteiger partial charge >= 0.3 is 11.9 Å². The van der Waals surface area contributed by atoms with E-state index in [1.54, 1.807) is 31.2 Å². The van der Waals surface area contributed by atoms with E-state index >= 15 is 0 Å².